The molecule has 1 heterocycles. The Labute approximate surface area is 92.1 Å². The fraction of sp³-hybridized carbons (Fsp3) is 0.727. The first kappa shape index (κ1) is 12.0. The summed E-state index contributed by atoms with van der Waals surface area (Å²) in [6, 6.07) is 0.469. The lowest BCUT2D eigenvalue weighted by Gasteiger charge is -2.25. The molecular formula is C11H22N4. The average Bonchev–Trinajstić information content (AvgIpc) is 2.41. The van der Waals surface area contributed by atoms with Crippen LogP contribution < -0.4 is 10.6 Å². The lowest BCUT2D eigenvalue weighted by Crippen LogP contribution is -2.28. The van der Waals surface area contributed by atoms with Gasteiger partial charge >= 0.3 is 0 Å². The number of hydrogen-bond donors (Lipinski definition) is 1. The van der Waals surface area contributed by atoms with Crippen molar-refractivity contribution in [3.05, 3.63) is 11.3 Å². The maximum absolute atomic E-state index is 5.63. The van der Waals surface area contributed by atoms with E-state index in [0.717, 1.165) is 12.1 Å². The minimum Gasteiger partial charge on any atom is -0.357 e. The van der Waals surface area contributed by atoms with Gasteiger partial charge in [0.2, 0.25) is 0 Å². The van der Waals surface area contributed by atoms with Gasteiger partial charge in [-0.1, -0.05) is 0 Å². The van der Waals surface area contributed by atoms with Crippen molar-refractivity contribution in [2.24, 2.45) is 12.8 Å². The number of hydrogen-bond acceptors (Lipinski definition) is 3. The Morgan fingerprint density at radius 3 is 2.53 bits per heavy atom. The number of nitrogens with two attached hydrogens (primary N) is 1. The second-order valence-corrected chi connectivity index (χ2v) is 4.25. The quantitative estimate of drug-likeness (QED) is 0.808. The molecule has 86 valence electrons. The van der Waals surface area contributed by atoms with Crippen molar-refractivity contribution in [2.75, 3.05) is 18.5 Å². The molecule has 1 aromatic rings. The van der Waals surface area contributed by atoms with Crippen molar-refractivity contribution in [3.8, 4) is 0 Å². The fourth-order valence-electron chi connectivity index (χ4n) is 1.81. The van der Waals surface area contributed by atoms with Gasteiger partial charge in [-0.2, -0.15) is 5.10 Å². The molecule has 0 spiro atoms. The summed E-state index contributed by atoms with van der Waals surface area (Å²) in [6.45, 7) is 7.07. The molecule has 0 amide bonds. The second kappa shape index (κ2) is 4.66. The second-order valence-electron chi connectivity index (χ2n) is 4.25. The van der Waals surface area contributed by atoms with Crippen molar-refractivity contribution >= 4 is 5.82 Å². The lowest BCUT2D eigenvalue weighted by molar-refractivity contribution is 0.679. The van der Waals surface area contributed by atoms with Gasteiger partial charge in [-0.3, -0.25) is 4.68 Å². The molecule has 0 aliphatic carbocycles. The van der Waals surface area contributed by atoms with Crippen LogP contribution in [-0.4, -0.2) is 29.4 Å². The third-order valence-corrected chi connectivity index (χ3v) is 2.82. The average molecular weight is 210 g/mol. The van der Waals surface area contributed by atoms with E-state index in [-0.39, 0.29) is 0 Å². The molecule has 0 aromatic carbocycles. The normalized spacial score (nSPS) is 11.1. The van der Waals surface area contributed by atoms with Crippen molar-refractivity contribution in [1.82, 2.24) is 9.78 Å². The SMILES string of the molecule is Cc1nn(C)c(N(C)C(C)C)c1CCN. The lowest BCUT2D eigenvalue weighted by atomic mass is 10.1. The maximum Gasteiger partial charge on any atom is 0.130 e. The standard InChI is InChI=1S/C11H22N4/c1-8(2)14(4)11-10(6-7-12)9(3)13-15(11)5/h8H,6-7,12H2,1-5H3. The molecule has 15 heavy (non-hydrogen) atoms. The Morgan fingerprint density at radius 2 is 2.07 bits per heavy atom. The van der Waals surface area contributed by atoms with Gasteiger partial charge in [0.25, 0.3) is 0 Å². The van der Waals surface area contributed by atoms with Crippen LogP contribution in [0, 0.1) is 6.92 Å². The zero-order chi connectivity index (χ0) is 11.6. The first-order valence-electron chi connectivity index (χ1n) is 5.44. The van der Waals surface area contributed by atoms with E-state index in [9.17, 15) is 0 Å². The maximum atomic E-state index is 5.63. The first-order chi connectivity index (χ1) is 6.99. The topological polar surface area (TPSA) is 47.1 Å². The molecule has 1 aromatic heterocycles. The van der Waals surface area contributed by atoms with Crippen LogP contribution in [0.25, 0.3) is 0 Å². The van der Waals surface area contributed by atoms with E-state index in [4.69, 9.17) is 5.73 Å². The highest BCUT2D eigenvalue weighted by Gasteiger charge is 2.17. The largest absolute Gasteiger partial charge is 0.357 e. The van der Waals surface area contributed by atoms with Gasteiger partial charge in [-0.05, 0) is 33.7 Å². The molecule has 0 bridgehead atoms. The third-order valence-electron chi connectivity index (χ3n) is 2.82. The zero-order valence-electron chi connectivity index (χ0n) is 10.4. The Bertz CT molecular complexity index is 328. The highest BCUT2D eigenvalue weighted by atomic mass is 15.4. The van der Waals surface area contributed by atoms with E-state index >= 15 is 0 Å². The minimum atomic E-state index is 0.469. The van der Waals surface area contributed by atoms with E-state index < -0.39 is 0 Å². The van der Waals surface area contributed by atoms with E-state index in [1.165, 1.54) is 11.4 Å². The zero-order valence-corrected chi connectivity index (χ0v) is 10.4. The van der Waals surface area contributed by atoms with Crippen molar-refractivity contribution in [3.63, 3.8) is 0 Å². The van der Waals surface area contributed by atoms with E-state index in [1.54, 1.807) is 0 Å². The predicted octanol–water partition coefficient (Wildman–Crippen LogP) is 1.07. The van der Waals surface area contributed by atoms with E-state index in [0.29, 0.717) is 12.6 Å². The molecule has 0 unspecified atom stereocenters. The van der Waals surface area contributed by atoms with Crippen LogP contribution in [-0.2, 0) is 13.5 Å². The van der Waals surface area contributed by atoms with Crippen LogP contribution in [0.1, 0.15) is 25.1 Å². The van der Waals surface area contributed by atoms with Gasteiger partial charge in [-0.25, -0.2) is 0 Å². The van der Waals surface area contributed by atoms with Crippen LogP contribution in [0.5, 0.6) is 0 Å². The van der Waals surface area contributed by atoms with Crippen LogP contribution in [0.4, 0.5) is 5.82 Å². The number of rotatable bonds is 4. The summed E-state index contributed by atoms with van der Waals surface area (Å²) in [5.41, 5.74) is 7.99. The van der Waals surface area contributed by atoms with Crippen molar-refractivity contribution in [2.45, 2.75) is 33.2 Å². The summed E-state index contributed by atoms with van der Waals surface area (Å²) in [6.07, 6.45) is 0.895. The van der Waals surface area contributed by atoms with Gasteiger partial charge in [-0.15, -0.1) is 0 Å². The Balaban J connectivity index is 3.13. The summed E-state index contributed by atoms with van der Waals surface area (Å²) >= 11 is 0. The van der Waals surface area contributed by atoms with Crippen LogP contribution >= 0.6 is 0 Å². The molecule has 0 aliphatic rings. The van der Waals surface area contributed by atoms with Gasteiger partial charge in [0.1, 0.15) is 5.82 Å². The predicted molar refractivity (Wildman–Crippen MR) is 64.2 cm³/mol. The molecule has 0 atom stereocenters. The van der Waals surface area contributed by atoms with Crippen LogP contribution in [0.2, 0.25) is 0 Å². The molecule has 0 saturated carbocycles. The molecule has 4 heteroatoms. The number of aromatic nitrogens is 2. The Morgan fingerprint density at radius 1 is 1.47 bits per heavy atom. The Hall–Kier alpha value is -1.03. The smallest absolute Gasteiger partial charge is 0.130 e. The number of nitrogens with zero attached hydrogens (tertiary/aromatic N) is 3. The highest BCUT2D eigenvalue weighted by molar-refractivity contribution is 5.50. The number of anilines is 1. The Kier molecular flexibility index (Phi) is 3.74. The summed E-state index contributed by atoms with van der Waals surface area (Å²) in [7, 11) is 4.09. The summed E-state index contributed by atoms with van der Waals surface area (Å²) < 4.78 is 1.94. The highest BCUT2D eigenvalue weighted by Crippen LogP contribution is 2.23. The molecule has 4 nitrogen and oxygen atoms in total. The molecular weight excluding hydrogens is 188 g/mol. The van der Waals surface area contributed by atoms with Gasteiger partial charge < -0.3 is 10.6 Å². The van der Waals surface area contributed by atoms with Gasteiger partial charge in [0.05, 0.1) is 5.69 Å². The molecule has 0 radical (unpaired) electrons. The van der Waals surface area contributed by atoms with E-state index in [1.807, 2.05) is 18.7 Å². The third kappa shape index (κ3) is 2.31. The minimum absolute atomic E-state index is 0.469. The van der Waals surface area contributed by atoms with Gasteiger partial charge in [0.15, 0.2) is 0 Å². The van der Waals surface area contributed by atoms with Crippen molar-refractivity contribution in [1.29, 1.82) is 0 Å². The van der Waals surface area contributed by atoms with E-state index in [2.05, 4.69) is 30.9 Å². The van der Waals surface area contributed by atoms with Gasteiger partial charge in [0, 0.05) is 25.7 Å². The monoisotopic (exact) mass is 210 g/mol. The van der Waals surface area contributed by atoms with Crippen LogP contribution in [0.15, 0.2) is 0 Å². The molecule has 1 rings (SSSR count). The molecule has 2 N–H and O–H groups in total. The molecule has 0 saturated heterocycles. The van der Waals surface area contributed by atoms with Crippen LogP contribution in [0.3, 0.4) is 0 Å². The fourth-order valence-corrected chi connectivity index (χ4v) is 1.81. The first-order valence-corrected chi connectivity index (χ1v) is 5.44. The summed E-state index contributed by atoms with van der Waals surface area (Å²) in [5, 5.41) is 4.45. The summed E-state index contributed by atoms with van der Waals surface area (Å²) in [5.74, 6) is 1.19. The summed E-state index contributed by atoms with van der Waals surface area (Å²) in [4.78, 5) is 2.24. The van der Waals surface area contributed by atoms with Crippen molar-refractivity contribution < 1.29 is 0 Å². The number of aryl methyl sites for hydroxylation is 2. The molecule has 0 aliphatic heterocycles. The molecule has 0 fully saturated rings.